The Labute approximate surface area is 99.6 Å². The number of aromatic nitrogens is 1. The fraction of sp³-hybridized carbons (Fsp3) is 0.500. The number of esters is 1. The van der Waals surface area contributed by atoms with Crippen LogP contribution in [0.15, 0.2) is 29.4 Å². The van der Waals surface area contributed by atoms with Gasteiger partial charge in [0.25, 0.3) is 0 Å². The SMILES string of the molecule is O=C(CCCSc1ccccn1)OC1CC1. The summed E-state index contributed by atoms with van der Waals surface area (Å²) in [5.74, 6) is 0.862. The third kappa shape index (κ3) is 4.23. The highest BCUT2D eigenvalue weighted by atomic mass is 32.2. The predicted octanol–water partition coefficient (Wildman–Crippen LogP) is 2.66. The largest absolute Gasteiger partial charge is 0.462 e. The van der Waals surface area contributed by atoms with Crippen LogP contribution in [-0.4, -0.2) is 22.8 Å². The molecule has 86 valence electrons. The van der Waals surface area contributed by atoms with Crippen LogP contribution in [0, 0.1) is 0 Å². The van der Waals surface area contributed by atoms with E-state index < -0.39 is 0 Å². The van der Waals surface area contributed by atoms with Gasteiger partial charge in [0.1, 0.15) is 6.10 Å². The summed E-state index contributed by atoms with van der Waals surface area (Å²) in [4.78, 5) is 15.5. The number of ether oxygens (including phenoxy) is 1. The molecule has 1 heterocycles. The summed E-state index contributed by atoms with van der Waals surface area (Å²) >= 11 is 1.68. The second-order valence-corrected chi connectivity index (χ2v) is 4.92. The summed E-state index contributed by atoms with van der Waals surface area (Å²) in [5, 5.41) is 1.01. The Morgan fingerprint density at radius 1 is 1.50 bits per heavy atom. The maximum absolute atomic E-state index is 11.3. The van der Waals surface area contributed by atoms with E-state index in [1.807, 2.05) is 18.2 Å². The number of nitrogens with zero attached hydrogens (tertiary/aromatic N) is 1. The summed E-state index contributed by atoms with van der Waals surface area (Å²) in [6, 6.07) is 5.85. The lowest BCUT2D eigenvalue weighted by atomic mass is 10.3. The number of pyridine rings is 1. The lowest BCUT2D eigenvalue weighted by Gasteiger charge is -2.02. The first-order valence-corrected chi connectivity index (χ1v) is 6.56. The summed E-state index contributed by atoms with van der Waals surface area (Å²) in [7, 11) is 0. The van der Waals surface area contributed by atoms with Crippen LogP contribution in [-0.2, 0) is 9.53 Å². The average molecular weight is 237 g/mol. The van der Waals surface area contributed by atoms with Gasteiger partial charge < -0.3 is 4.74 Å². The maximum Gasteiger partial charge on any atom is 0.306 e. The van der Waals surface area contributed by atoms with Crippen molar-refractivity contribution in [2.75, 3.05) is 5.75 Å². The van der Waals surface area contributed by atoms with Gasteiger partial charge in [0.15, 0.2) is 0 Å². The van der Waals surface area contributed by atoms with E-state index in [4.69, 9.17) is 4.74 Å². The molecule has 0 N–H and O–H groups in total. The molecule has 1 saturated carbocycles. The number of hydrogen-bond acceptors (Lipinski definition) is 4. The molecule has 0 unspecified atom stereocenters. The Bertz CT molecular complexity index is 338. The summed E-state index contributed by atoms with van der Waals surface area (Å²) in [5.41, 5.74) is 0. The Morgan fingerprint density at radius 2 is 2.38 bits per heavy atom. The molecule has 0 aliphatic heterocycles. The van der Waals surface area contributed by atoms with Gasteiger partial charge in [0.05, 0.1) is 5.03 Å². The van der Waals surface area contributed by atoms with Crippen LogP contribution in [0.2, 0.25) is 0 Å². The van der Waals surface area contributed by atoms with Gasteiger partial charge in [-0.05, 0) is 31.4 Å². The summed E-state index contributed by atoms with van der Waals surface area (Å²) in [6.07, 6.45) is 5.49. The van der Waals surface area contributed by atoms with E-state index in [1.54, 1.807) is 18.0 Å². The topological polar surface area (TPSA) is 39.2 Å². The van der Waals surface area contributed by atoms with Crippen LogP contribution in [0.4, 0.5) is 0 Å². The van der Waals surface area contributed by atoms with Crippen molar-refractivity contribution in [3.63, 3.8) is 0 Å². The fourth-order valence-corrected chi connectivity index (χ4v) is 2.06. The molecule has 1 aliphatic carbocycles. The molecule has 0 aromatic carbocycles. The summed E-state index contributed by atoms with van der Waals surface area (Å²) in [6.45, 7) is 0. The van der Waals surface area contributed by atoms with Crippen molar-refractivity contribution in [2.45, 2.75) is 36.8 Å². The molecule has 4 heteroatoms. The summed E-state index contributed by atoms with van der Waals surface area (Å²) < 4.78 is 5.15. The van der Waals surface area contributed by atoms with Crippen molar-refractivity contribution in [1.29, 1.82) is 0 Å². The minimum absolute atomic E-state index is 0.0517. The second-order valence-electron chi connectivity index (χ2n) is 3.81. The molecule has 1 aliphatic rings. The molecule has 2 rings (SSSR count). The van der Waals surface area contributed by atoms with Gasteiger partial charge in [0.2, 0.25) is 0 Å². The molecule has 16 heavy (non-hydrogen) atoms. The van der Waals surface area contributed by atoms with E-state index in [0.717, 1.165) is 30.0 Å². The van der Waals surface area contributed by atoms with E-state index >= 15 is 0 Å². The first-order valence-electron chi connectivity index (χ1n) is 5.58. The fourth-order valence-electron chi connectivity index (χ4n) is 1.26. The van der Waals surface area contributed by atoms with Crippen LogP contribution in [0.1, 0.15) is 25.7 Å². The molecular weight excluding hydrogens is 222 g/mol. The number of hydrogen-bond donors (Lipinski definition) is 0. The first-order chi connectivity index (χ1) is 7.84. The monoisotopic (exact) mass is 237 g/mol. The zero-order valence-corrected chi connectivity index (χ0v) is 9.91. The standard InChI is InChI=1S/C12H15NO2S/c14-12(15-10-6-7-10)5-3-9-16-11-4-1-2-8-13-11/h1-2,4,8,10H,3,5-7,9H2. The molecule has 0 saturated heterocycles. The predicted molar refractivity (Wildman–Crippen MR) is 63.3 cm³/mol. The van der Waals surface area contributed by atoms with Gasteiger partial charge in [-0.1, -0.05) is 6.07 Å². The lowest BCUT2D eigenvalue weighted by molar-refractivity contribution is -0.144. The maximum atomic E-state index is 11.3. The van der Waals surface area contributed by atoms with Gasteiger partial charge in [0, 0.05) is 18.4 Å². The Balaban J connectivity index is 1.56. The van der Waals surface area contributed by atoms with Crippen LogP contribution in [0.3, 0.4) is 0 Å². The Hall–Kier alpha value is -1.03. The van der Waals surface area contributed by atoms with Crippen LogP contribution < -0.4 is 0 Å². The molecule has 3 nitrogen and oxygen atoms in total. The number of thioether (sulfide) groups is 1. The van der Waals surface area contributed by atoms with E-state index in [9.17, 15) is 4.79 Å². The average Bonchev–Trinajstić information content (AvgIpc) is 3.10. The minimum atomic E-state index is -0.0517. The number of carbonyl (C=O) groups is 1. The van der Waals surface area contributed by atoms with Crippen LogP contribution in [0.25, 0.3) is 0 Å². The highest BCUT2D eigenvalue weighted by Crippen LogP contribution is 2.24. The smallest absolute Gasteiger partial charge is 0.306 e. The normalized spacial score (nSPS) is 14.8. The van der Waals surface area contributed by atoms with Gasteiger partial charge in [-0.15, -0.1) is 11.8 Å². The highest BCUT2D eigenvalue weighted by molar-refractivity contribution is 7.99. The van der Waals surface area contributed by atoms with Gasteiger partial charge >= 0.3 is 5.97 Å². The molecule has 1 aromatic heterocycles. The zero-order valence-electron chi connectivity index (χ0n) is 9.09. The Morgan fingerprint density at radius 3 is 3.06 bits per heavy atom. The van der Waals surface area contributed by atoms with Crippen LogP contribution >= 0.6 is 11.8 Å². The molecule has 0 radical (unpaired) electrons. The molecule has 0 spiro atoms. The quantitative estimate of drug-likeness (QED) is 0.433. The Kier molecular flexibility index (Phi) is 4.22. The van der Waals surface area contributed by atoms with Crippen molar-refractivity contribution in [3.8, 4) is 0 Å². The third-order valence-corrected chi connectivity index (χ3v) is 3.27. The van der Waals surface area contributed by atoms with Crippen LogP contribution in [0.5, 0.6) is 0 Å². The molecule has 0 bridgehead atoms. The van der Waals surface area contributed by atoms with E-state index in [1.165, 1.54) is 0 Å². The molecule has 0 atom stereocenters. The van der Waals surface area contributed by atoms with Gasteiger partial charge in [-0.3, -0.25) is 4.79 Å². The van der Waals surface area contributed by atoms with Gasteiger partial charge in [-0.25, -0.2) is 4.98 Å². The zero-order chi connectivity index (χ0) is 11.2. The van der Waals surface area contributed by atoms with Crippen molar-refractivity contribution < 1.29 is 9.53 Å². The second kappa shape index (κ2) is 5.89. The molecular formula is C12H15NO2S. The first kappa shape index (κ1) is 11.5. The molecule has 0 amide bonds. The van der Waals surface area contributed by atoms with E-state index in [0.29, 0.717) is 6.42 Å². The van der Waals surface area contributed by atoms with Crippen molar-refractivity contribution >= 4 is 17.7 Å². The van der Waals surface area contributed by atoms with Gasteiger partial charge in [-0.2, -0.15) is 0 Å². The molecule has 1 fully saturated rings. The number of rotatable bonds is 6. The third-order valence-electron chi connectivity index (χ3n) is 2.24. The van der Waals surface area contributed by atoms with E-state index in [2.05, 4.69) is 4.98 Å². The minimum Gasteiger partial charge on any atom is -0.462 e. The van der Waals surface area contributed by atoms with Crippen molar-refractivity contribution in [3.05, 3.63) is 24.4 Å². The number of carbonyl (C=O) groups excluding carboxylic acids is 1. The van der Waals surface area contributed by atoms with Crippen molar-refractivity contribution in [1.82, 2.24) is 4.98 Å². The van der Waals surface area contributed by atoms with E-state index in [-0.39, 0.29) is 12.1 Å². The van der Waals surface area contributed by atoms with Crippen molar-refractivity contribution in [2.24, 2.45) is 0 Å². The lowest BCUT2D eigenvalue weighted by Crippen LogP contribution is -2.05. The highest BCUT2D eigenvalue weighted by Gasteiger charge is 2.25. The molecule has 1 aromatic rings.